The van der Waals surface area contributed by atoms with Crippen LogP contribution in [0, 0.1) is 0 Å². The van der Waals surface area contributed by atoms with Crippen LogP contribution in [0.1, 0.15) is 43.4 Å². The average molecular weight is 340 g/mol. The minimum atomic E-state index is 0.113. The van der Waals surface area contributed by atoms with Crippen molar-refractivity contribution in [2.24, 2.45) is 0 Å². The molecule has 0 aliphatic carbocycles. The summed E-state index contributed by atoms with van der Waals surface area (Å²) in [6.07, 6.45) is 0. The molecule has 0 radical (unpaired) electrons. The first-order valence-corrected chi connectivity index (χ1v) is 9.47. The van der Waals surface area contributed by atoms with Crippen molar-refractivity contribution in [2.45, 2.75) is 38.0 Å². The summed E-state index contributed by atoms with van der Waals surface area (Å²) in [6.45, 7) is 7.96. The lowest BCUT2D eigenvalue weighted by Gasteiger charge is -2.35. The fraction of sp³-hybridized carbons (Fsp3) is 0.381. The van der Waals surface area contributed by atoms with Crippen molar-refractivity contribution in [1.29, 1.82) is 0 Å². The molecule has 3 rings (SSSR count). The van der Waals surface area contributed by atoms with Crippen LogP contribution < -0.4 is 0 Å². The third-order valence-corrected chi connectivity index (χ3v) is 5.64. The monoisotopic (exact) mass is 339 g/mol. The lowest BCUT2D eigenvalue weighted by Crippen LogP contribution is -2.40. The van der Waals surface area contributed by atoms with Gasteiger partial charge in [0.1, 0.15) is 0 Å². The Morgan fingerprint density at radius 2 is 1.75 bits per heavy atom. The summed E-state index contributed by atoms with van der Waals surface area (Å²) < 4.78 is 0.113. The van der Waals surface area contributed by atoms with Gasteiger partial charge in [0, 0.05) is 23.8 Å². The zero-order valence-electron chi connectivity index (χ0n) is 14.7. The van der Waals surface area contributed by atoms with E-state index in [2.05, 4.69) is 69.3 Å². The molecule has 0 aromatic heterocycles. The van der Waals surface area contributed by atoms with Crippen LogP contribution >= 0.6 is 11.8 Å². The summed E-state index contributed by atoms with van der Waals surface area (Å²) in [5.74, 6) is 1.05. The summed E-state index contributed by atoms with van der Waals surface area (Å²) in [7, 11) is 0. The number of fused-ring (bicyclic) bond motifs is 1. The molecular formula is C21H25NOS. The molecule has 1 aliphatic rings. The number of benzene rings is 2. The van der Waals surface area contributed by atoms with Crippen molar-refractivity contribution in [1.82, 2.24) is 4.90 Å². The minimum absolute atomic E-state index is 0.113. The highest BCUT2D eigenvalue weighted by Crippen LogP contribution is 2.34. The van der Waals surface area contributed by atoms with Gasteiger partial charge in [-0.05, 0) is 16.7 Å². The van der Waals surface area contributed by atoms with Gasteiger partial charge in [0.15, 0.2) is 0 Å². The third kappa shape index (κ3) is 4.02. The number of thioether (sulfide) groups is 1. The van der Waals surface area contributed by atoms with Gasteiger partial charge < -0.3 is 4.90 Å². The van der Waals surface area contributed by atoms with Crippen LogP contribution in [-0.4, -0.2) is 27.9 Å². The van der Waals surface area contributed by atoms with E-state index in [0.29, 0.717) is 5.75 Å². The molecule has 0 N–H and O–H groups in total. The predicted molar refractivity (Wildman–Crippen MR) is 102 cm³/mol. The quantitative estimate of drug-likeness (QED) is 0.808. The fourth-order valence-corrected chi connectivity index (χ4v) is 3.88. The van der Waals surface area contributed by atoms with Gasteiger partial charge in [0.25, 0.3) is 0 Å². The highest BCUT2D eigenvalue weighted by Gasteiger charge is 2.29. The van der Waals surface area contributed by atoms with E-state index in [1.54, 1.807) is 11.8 Å². The number of rotatable bonds is 3. The molecule has 0 bridgehead atoms. The summed E-state index contributed by atoms with van der Waals surface area (Å²) in [6, 6.07) is 19.1. The van der Waals surface area contributed by atoms with Crippen molar-refractivity contribution < 1.29 is 4.79 Å². The second kappa shape index (κ2) is 7.02. The Morgan fingerprint density at radius 3 is 2.46 bits per heavy atom. The largest absolute Gasteiger partial charge is 0.337 e. The van der Waals surface area contributed by atoms with E-state index < -0.39 is 0 Å². The Bertz CT molecular complexity index is 705. The molecule has 2 nitrogen and oxygen atoms in total. The Labute approximate surface area is 149 Å². The van der Waals surface area contributed by atoms with Crippen molar-refractivity contribution in [3.05, 3.63) is 71.3 Å². The predicted octanol–water partition coefficient (Wildman–Crippen LogP) is 4.69. The number of nitrogens with zero attached hydrogens (tertiary/aromatic N) is 1. The normalized spacial score (nSPS) is 17.5. The average Bonchev–Trinajstić information content (AvgIpc) is 2.59. The molecule has 0 spiro atoms. The first-order valence-electron chi connectivity index (χ1n) is 8.48. The maximum atomic E-state index is 12.7. The van der Waals surface area contributed by atoms with E-state index in [-0.39, 0.29) is 16.6 Å². The molecule has 24 heavy (non-hydrogen) atoms. The van der Waals surface area contributed by atoms with Crippen molar-refractivity contribution in [3.8, 4) is 0 Å². The first kappa shape index (κ1) is 17.1. The van der Waals surface area contributed by atoms with Gasteiger partial charge in [-0.2, -0.15) is 0 Å². The van der Waals surface area contributed by atoms with Gasteiger partial charge in [0.2, 0.25) is 5.91 Å². The third-order valence-electron chi connectivity index (χ3n) is 4.38. The number of carbonyl (C=O) groups is 1. The number of carbonyl (C=O) groups excluding carboxylic acids is 1. The summed E-state index contributed by atoms with van der Waals surface area (Å²) in [5.41, 5.74) is 3.91. The lowest BCUT2D eigenvalue weighted by atomic mass is 9.85. The van der Waals surface area contributed by atoms with Crippen molar-refractivity contribution in [3.63, 3.8) is 0 Å². The molecule has 0 saturated heterocycles. The van der Waals surface area contributed by atoms with Gasteiger partial charge >= 0.3 is 0 Å². The van der Waals surface area contributed by atoms with Gasteiger partial charge in [-0.3, -0.25) is 4.79 Å². The highest BCUT2D eigenvalue weighted by atomic mass is 32.2. The topological polar surface area (TPSA) is 20.3 Å². The molecule has 2 aromatic rings. The summed E-state index contributed by atoms with van der Waals surface area (Å²) in [4.78, 5) is 14.8. The second-order valence-corrected chi connectivity index (χ2v) is 9.14. The number of amides is 1. The van der Waals surface area contributed by atoms with Crippen molar-refractivity contribution in [2.75, 3.05) is 12.3 Å². The van der Waals surface area contributed by atoms with Crippen LogP contribution in [-0.2, 0) is 11.3 Å². The van der Waals surface area contributed by atoms with E-state index >= 15 is 0 Å². The maximum absolute atomic E-state index is 12.7. The zero-order valence-corrected chi connectivity index (χ0v) is 15.5. The summed E-state index contributed by atoms with van der Waals surface area (Å²) in [5, 5.41) is 0. The maximum Gasteiger partial charge on any atom is 0.232 e. The molecule has 2 aromatic carbocycles. The van der Waals surface area contributed by atoms with Crippen LogP contribution in [0.4, 0.5) is 0 Å². The Hall–Kier alpha value is -1.74. The highest BCUT2D eigenvalue weighted by molar-refractivity contribution is 8.01. The van der Waals surface area contributed by atoms with Crippen LogP contribution in [0.15, 0.2) is 54.6 Å². The van der Waals surface area contributed by atoms with Gasteiger partial charge in [-0.1, -0.05) is 75.4 Å². The Kier molecular flexibility index (Phi) is 5.00. The molecule has 126 valence electrons. The number of hydrogen-bond donors (Lipinski definition) is 0. The van der Waals surface area contributed by atoms with E-state index in [9.17, 15) is 4.79 Å². The molecule has 0 saturated carbocycles. The first-order chi connectivity index (χ1) is 11.4. The number of hydrogen-bond acceptors (Lipinski definition) is 2. The van der Waals surface area contributed by atoms with E-state index in [1.807, 2.05) is 11.0 Å². The van der Waals surface area contributed by atoms with E-state index in [0.717, 1.165) is 13.1 Å². The fourth-order valence-electron chi connectivity index (χ4n) is 3.14. The van der Waals surface area contributed by atoms with Crippen LogP contribution in [0.2, 0.25) is 0 Å². The Balaban J connectivity index is 1.84. The van der Waals surface area contributed by atoms with Crippen LogP contribution in [0.3, 0.4) is 0 Å². The standard InChI is InChI=1S/C21H25NOS/c1-21(2,3)24-15-20(23)22-13-17-11-7-8-12-18(17)19(14-22)16-9-5-4-6-10-16/h4-12,19H,13-15H2,1-3H3. The molecular weight excluding hydrogens is 314 g/mol. The van der Waals surface area contributed by atoms with Gasteiger partial charge in [-0.25, -0.2) is 0 Å². The van der Waals surface area contributed by atoms with Gasteiger partial charge in [-0.15, -0.1) is 11.8 Å². The van der Waals surface area contributed by atoms with E-state index in [4.69, 9.17) is 0 Å². The SMILES string of the molecule is CC(C)(C)SCC(=O)N1Cc2ccccc2C(c2ccccc2)C1. The molecule has 1 heterocycles. The van der Waals surface area contributed by atoms with Crippen molar-refractivity contribution >= 4 is 17.7 Å². The molecule has 3 heteroatoms. The molecule has 1 atom stereocenters. The zero-order chi connectivity index (χ0) is 17.2. The van der Waals surface area contributed by atoms with Gasteiger partial charge in [0.05, 0.1) is 5.75 Å². The smallest absolute Gasteiger partial charge is 0.232 e. The van der Waals surface area contributed by atoms with Crippen LogP contribution in [0.25, 0.3) is 0 Å². The van der Waals surface area contributed by atoms with Crippen LogP contribution in [0.5, 0.6) is 0 Å². The lowest BCUT2D eigenvalue weighted by molar-refractivity contribution is -0.129. The van der Waals surface area contributed by atoms with E-state index in [1.165, 1.54) is 16.7 Å². The molecule has 0 fully saturated rings. The molecule has 1 unspecified atom stereocenters. The summed E-state index contributed by atoms with van der Waals surface area (Å²) >= 11 is 1.72. The molecule has 1 amide bonds. The second-order valence-electron chi connectivity index (χ2n) is 7.34. The molecule has 1 aliphatic heterocycles. The minimum Gasteiger partial charge on any atom is -0.337 e. The Morgan fingerprint density at radius 1 is 1.08 bits per heavy atom.